The van der Waals surface area contributed by atoms with Gasteiger partial charge in [0.2, 0.25) is 10.0 Å². The number of hydrogen-bond donors (Lipinski definition) is 4. The van der Waals surface area contributed by atoms with E-state index in [0.29, 0.717) is 11.0 Å². The third kappa shape index (κ3) is 7.59. The van der Waals surface area contributed by atoms with Gasteiger partial charge in [0, 0.05) is 13.1 Å². The summed E-state index contributed by atoms with van der Waals surface area (Å²) in [5.74, 6) is -0.0471. The Balaban J connectivity index is 1.55. The average Bonchev–Trinajstić information content (AvgIpc) is 3.31. The van der Waals surface area contributed by atoms with Crippen molar-refractivity contribution >= 4 is 27.1 Å². The van der Waals surface area contributed by atoms with Gasteiger partial charge in [-0.3, -0.25) is 0 Å². The first kappa shape index (κ1) is 29.1. The van der Waals surface area contributed by atoms with Crippen molar-refractivity contribution < 1.29 is 23.1 Å². The molecule has 1 aromatic heterocycles. The molecule has 0 bridgehead atoms. The molecule has 0 saturated carbocycles. The van der Waals surface area contributed by atoms with Crippen LogP contribution in [0.25, 0.3) is 11.0 Å². The highest BCUT2D eigenvalue weighted by atomic mass is 32.2. The molecule has 0 aliphatic rings. The summed E-state index contributed by atoms with van der Waals surface area (Å²) in [4.78, 5) is 29.5. The van der Waals surface area contributed by atoms with Gasteiger partial charge in [0.15, 0.2) is 0 Å². The zero-order valence-electron chi connectivity index (χ0n) is 22.4. The Labute approximate surface area is 233 Å². The third-order valence-corrected chi connectivity index (χ3v) is 8.19. The number of aliphatic hydroxyl groups excluding tert-OH is 1. The summed E-state index contributed by atoms with van der Waals surface area (Å²) in [6.45, 7) is 3.68. The molecule has 11 heteroatoms. The lowest BCUT2D eigenvalue weighted by atomic mass is 10.0. The Morgan fingerprint density at radius 3 is 2.20 bits per heavy atom. The van der Waals surface area contributed by atoms with Gasteiger partial charge < -0.3 is 25.1 Å². The second-order valence-corrected chi connectivity index (χ2v) is 12.0. The molecule has 0 aliphatic heterocycles. The van der Waals surface area contributed by atoms with Gasteiger partial charge >= 0.3 is 11.8 Å². The minimum atomic E-state index is -4.06. The van der Waals surface area contributed by atoms with Crippen LogP contribution in [0.2, 0.25) is 0 Å². The van der Waals surface area contributed by atoms with Gasteiger partial charge in [-0.15, -0.1) is 0 Å². The fraction of sp³-hybridized carbons (Fsp3) is 0.310. The van der Waals surface area contributed by atoms with Crippen LogP contribution in [0.4, 0.5) is 4.79 Å². The number of aliphatic hydroxyl groups is 1. The lowest BCUT2D eigenvalue weighted by Crippen LogP contribution is -2.51. The van der Waals surface area contributed by atoms with Gasteiger partial charge in [0.25, 0.3) is 0 Å². The fourth-order valence-electron chi connectivity index (χ4n) is 4.40. The number of fused-ring (bicyclic) bond motifs is 1. The predicted molar refractivity (Wildman–Crippen MR) is 152 cm³/mol. The number of nitrogens with zero attached hydrogens (tertiary/aromatic N) is 1. The van der Waals surface area contributed by atoms with E-state index in [1.54, 1.807) is 0 Å². The number of aromatic nitrogens is 2. The number of aromatic amines is 2. The smallest absolute Gasteiger partial charge is 0.407 e. The van der Waals surface area contributed by atoms with E-state index in [1.165, 1.54) is 22.5 Å². The Bertz CT molecular complexity index is 1570. The minimum absolute atomic E-state index is 0.0158. The van der Waals surface area contributed by atoms with Crippen LogP contribution in [0.3, 0.4) is 0 Å². The van der Waals surface area contributed by atoms with Crippen molar-refractivity contribution in [1.82, 2.24) is 19.6 Å². The number of sulfonamides is 1. The molecule has 0 fully saturated rings. The Kier molecular flexibility index (Phi) is 9.41. The van der Waals surface area contributed by atoms with E-state index in [1.807, 2.05) is 74.5 Å². The van der Waals surface area contributed by atoms with E-state index in [9.17, 15) is 23.1 Å². The summed E-state index contributed by atoms with van der Waals surface area (Å²) in [6.07, 6.45) is -1.72. The van der Waals surface area contributed by atoms with Crippen LogP contribution in [0, 0.1) is 5.92 Å². The number of ether oxygens (including phenoxy) is 1. The Morgan fingerprint density at radius 1 is 0.925 bits per heavy atom. The largest absolute Gasteiger partial charge is 0.445 e. The average molecular weight is 567 g/mol. The molecule has 1 heterocycles. The Morgan fingerprint density at radius 2 is 1.55 bits per heavy atom. The zero-order valence-corrected chi connectivity index (χ0v) is 23.2. The highest BCUT2D eigenvalue weighted by Gasteiger charge is 2.32. The van der Waals surface area contributed by atoms with Gasteiger partial charge in [-0.25, -0.2) is 18.0 Å². The second-order valence-electron chi connectivity index (χ2n) is 10.1. The van der Waals surface area contributed by atoms with Crippen molar-refractivity contribution in [3.63, 3.8) is 0 Å². The van der Waals surface area contributed by atoms with Gasteiger partial charge in [-0.05, 0) is 41.7 Å². The maximum atomic E-state index is 13.7. The number of imidazole rings is 1. The van der Waals surface area contributed by atoms with Crippen molar-refractivity contribution in [3.8, 4) is 0 Å². The first-order valence-electron chi connectivity index (χ1n) is 13.0. The zero-order chi connectivity index (χ0) is 28.7. The van der Waals surface area contributed by atoms with Gasteiger partial charge in [-0.1, -0.05) is 74.5 Å². The molecule has 10 nitrogen and oxygen atoms in total. The molecule has 4 N–H and O–H groups in total. The number of amides is 1. The van der Waals surface area contributed by atoms with E-state index in [0.717, 1.165) is 11.1 Å². The number of carbonyl (C=O) groups excluding carboxylic acids is 1. The molecule has 212 valence electrons. The summed E-state index contributed by atoms with van der Waals surface area (Å²) in [5.41, 5.74) is 2.08. The standard InChI is InChI=1S/C29H34N4O6S/c1-20(2)17-33(40(37,38)23-13-14-24-25(16-23)31-28(35)30-24)18-27(34)26(15-21-9-5-3-6-10-21)32-29(36)39-19-22-11-7-4-8-12-22/h3-14,16,20,26-27,34H,15,17-19H2,1-2H3,(H,32,36)(H2,30,31,35)/t26-,27+/m0/s1. The van der Waals surface area contributed by atoms with Crippen molar-refractivity contribution in [2.75, 3.05) is 13.1 Å². The second kappa shape index (κ2) is 12.9. The quantitative estimate of drug-likeness (QED) is 0.207. The van der Waals surface area contributed by atoms with Crippen LogP contribution >= 0.6 is 0 Å². The van der Waals surface area contributed by atoms with Crippen molar-refractivity contribution in [1.29, 1.82) is 0 Å². The number of alkyl carbamates (subject to hydrolysis) is 1. The fourth-order valence-corrected chi connectivity index (χ4v) is 6.05. The summed E-state index contributed by atoms with van der Waals surface area (Å²) in [6, 6.07) is 22.0. The normalized spacial score (nSPS) is 13.4. The molecule has 4 rings (SSSR count). The molecule has 0 aliphatic carbocycles. The lowest BCUT2D eigenvalue weighted by Gasteiger charge is -2.30. The molecule has 4 aromatic rings. The first-order valence-corrected chi connectivity index (χ1v) is 14.5. The van der Waals surface area contributed by atoms with Crippen LogP contribution in [0.1, 0.15) is 25.0 Å². The molecular formula is C29H34N4O6S. The molecular weight excluding hydrogens is 532 g/mol. The summed E-state index contributed by atoms with van der Waals surface area (Å²) in [5, 5.41) is 14.1. The maximum absolute atomic E-state index is 13.7. The van der Waals surface area contributed by atoms with Crippen LogP contribution in [0.5, 0.6) is 0 Å². The highest BCUT2D eigenvalue weighted by Crippen LogP contribution is 2.22. The van der Waals surface area contributed by atoms with E-state index in [-0.39, 0.29) is 36.9 Å². The molecule has 40 heavy (non-hydrogen) atoms. The number of rotatable bonds is 12. The van der Waals surface area contributed by atoms with Crippen LogP contribution < -0.4 is 11.0 Å². The van der Waals surface area contributed by atoms with Gasteiger partial charge in [-0.2, -0.15) is 4.31 Å². The third-order valence-electron chi connectivity index (χ3n) is 6.36. The number of H-pyrrole nitrogens is 2. The van der Waals surface area contributed by atoms with Gasteiger partial charge in [0.05, 0.1) is 28.1 Å². The Hall–Kier alpha value is -3.93. The van der Waals surface area contributed by atoms with Crippen LogP contribution in [0.15, 0.2) is 88.6 Å². The summed E-state index contributed by atoms with van der Waals surface area (Å²) < 4.78 is 34.0. The number of benzene rings is 3. The van der Waals surface area contributed by atoms with Crippen molar-refractivity contribution in [2.24, 2.45) is 5.92 Å². The first-order chi connectivity index (χ1) is 19.1. The molecule has 0 unspecified atom stereocenters. The van der Waals surface area contributed by atoms with E-state index >= 15 is 0 Å². The summed E-state index contributed by atoms with van der Waals surface area (Å²) in [7, 11) is -4.06. The number of carbonyl (C=O) groups is 1. The molecule has 0 spiro atoms. The number of nitrogens with one attached hydrogen (secondary N) is 3. The monoisotopic (exact) mass is 566 g/mol. The number of hydrogen-bond acceptors (Lipinski definition) is 6. The molecule has 0 radical (unpaired) electrons. The van der Waals surface area contributed by atoms with Gasteiger partial charge in [0.1, 0.15) is 6.61 Å². The van der Waals surface area contributed by atoms with Crippen molar-refractivity contribution in [3.05, 3.63) is 100 Å². The minimum Gasteiger partial charge on any atom is -0.445 e. The van der Waals surface area contributed by atoms with E-state index in [4.69, 9.17) is 4.74 Å². The molecule has 0 saturated heterocycles. The van der Waals surface area contributed by atoms with Crippen molar-refractivity contribution in [2.45, 2.75) is 43.9 Å². The molecule has 3 aromatic carbocycles. The summed E-state index contributed by atoms with van der Waals surface area (Å²) >= 11 is 0. The topological polar surface area (TPSA) is 145 Å². The predicted octanol–water partition coefficient (Wildman–Crippen LogP) is 3.40. The lowest BCUT2D eigenvalue weighted by molar-refractivity contribution is 0.0873. The highest BCUT2D eigenvalue weighted by molar-refractivity contribution is 7.89. The van der Waals surface area contributed by atoms with Crippen LogP contribution in [-0.2, 0) is 27.8 Å². The molecule has 2 atom stereocenters. The SMILES string of the molecule is CC(C)CN(C[C@@H](O)[C@H](Cc1ccccc1)NC(=O)OCc1ccccc1)S(=O)(=O)c1ccc2[nH]c(=O)[nH]c2c1. The van der Waals surface area contributed by atoms with Crippen LogP contribution in [-0.4, -0.2) is 59.1 Å². The molecule has 1 amide bonds. The van der Waals surface area contributed by atoms with E-state index in [2.05, 4.69) is 15.3 Å². The maximum Gasteiger partial charge on any atom is 0.407 e. The van der Waals surface area contributed by atoms with E-state index < -0.39 is 34.0 Å².